The van der Waals surface area contributed by atoms with Crippen molar-refractivity contribution < 1.29 is 46.5 Å². The molecule has 1 aliphatic carbocycles. The van der Waals surface area contributed by atoms with Gasteiger partial charge in [-0.05, 0) is 55.2 Å². The van der Waals surface area contributed by atoms with Gasteiger partial charge in [0.25, 0.3) is 0 Å². The molecule has 1 N–H and O–H groups in total. The molecule has 1 aliphatic rings. The molecule has 2 aromatic rings. The van der Waals surface area contributed by atoms with E-state index in [9.17, 15) is 27.2 Å². The molecule has 0 radical (unpaired) electrons. The molecule has 0 atom stereocenters. The molecule has 2 aromatic carbocycles. The summed E-state index contributed by atoms with van der Waals surface area (Å²) in [7, 11) is 0. The number of halogens is 4. The van der Waals surface area contributed by atoms with Gasteiger partial charge in [-0.1, -0.05) is 0 Å². The molecule has 0 spiro atoms. The fourth-order valence-electron chi connectivity index (χ4n) is 2.20. The minimum Gasteiger partial charge on any atom is -0.504 e. The molecule has 3 rings (SSSR count). The smallest absolute Gasteiger partial charge is 0.387 e. The first-order chi connectivity index (χ1) is 14.3. The highest BCUT2D eigenvalue weighted by atomic mass is 19.3. The fraction of sp³-hybridized carbons (Fsp3) is 0.300. The first-order valence-corrected chi connectivity index (χ1v) is 8.72. The molecular formula is C20H18F4O6. The number of carbonyl (C=O) groups is 2. The van der Waals surface area contributed by atoms with Crippen LogP contribution in [0.15, 0.2) is 36.4 Å². The number of alkyl halides is 4. The summed E-state index contributed by atoms with van der Waals surface area (Å²) in [6.45, 7) is -5.42. The lowest BCUT2D eigenvalue weighted by molar-refractivity contribution is -0.0520. The minimum atomic E-state index is -2.99. The first-order valence-electron chi connectivity index (χ1n) is 8.72. The summed E-state index contributed by atoms with van der Waals surface area (Å²) in [6.07, 6.45) is 3.32. The van der Waals surface area contributed by atoms with Crippen LogP contribution in [0.5, 0.6) is 23.0 Å². The summed E-state index contributed by atoms with van der Waals surface area (Å²) in [5, 5.41) is 9.05. The van der Waals surface area contributed by atoms with Gasteiger partial charge in [-0.25, -0.2) is 0 Å². The minimum absolute atomic E-state index is 0.0359. The lowest BCUT2D eigenvalue weighted by Crippen LogP contribution is -2.06. The highest BCUT2D eigenvalue weighted by molar-refractivity contribution is 5.76. The van der Waals surface area contributed by atoms with Crippen LogP contribution in [0, 0.1) is 5.92 Å². The van der Waals surface area contributed by atoms with E-state index >= 15 is 0 Å². The van der Waals surface area contributed by atoms with Crippen molar-refractivity contribution >= 4 is 12.6 Å². The highest BCUT2D eigenvalue weighted by Gasteiger charge is 2.23. The van der Waals surface area contributed by atoms with E-state index in [1.807, 2.05) is 0 Å². The van der Waals surface area contributed by atoms with Crippen LogP contribution in [0.3, 0.4) is 0 Å². The van der Waals surface area contributed by atoms with Gasteiger partial charge in [0.05, 0.1) is 6.61 Å². The molecule has 0 aromatic heterocycles. The number of aromatic hydroxyl groups is 1. The van der Waals surface area contributed by atoms with E-state index in [1.54, 1.807) is 0 Å². The molecule has 0 amide bonds. The first kappa shape index (κ1) is 23.0. The van der Waals surface area contributed by atoms with Gasteiger partial charge < -0.3 is 19.3 Å². The lowest BCUT2D eigenvalue weighted by atomic mass is 10.2. The molecule has 0 unspecified atom stereocenters. The van der Waals surface area contributed by atoms with Crippen LogP contribution in [0.1, 0.15) is 33.6 Å². The number of hydrogen-bond acceptors (Lipinski definition) is 6. The van der Waals surface area contributed by atoms with Gasteiger partial charge in [0.2, 0.25) is 0 Å². The quantitative estimate of drug-likeness (QED) is 0.459. The van der Waals surface area contributed by atoms with Crippen molar-refractivity contribution in [1.29, 1.82) is 0 Å². The lowest BCUT2D eigenvalue weighted by Gasteiger charge is -2.12. The Hall–Kier alpha value is -3.30. The van der Waals surface area contributed by atoms with Crippen LogP contribution < -0.4 is 14.2 Å². The second-order valence-corrected chi connectivity index (χ2v) is 6.18. The SMILES string of the molecule is O=Cc1ccc(OC(F)F)c(O)c1.O=Cc1ccc(OC(F)F)c(OCC2CC2)c1. The van der Waals surface area contributed by atoms with Crippen LogP contribution in [-0.4, -0.2) is 37.5 Å². The number of ether oxygens (including phenoxy) is 3. The van der Waals surface area contributed by atoms with Crippen molar-refractivity contribution in [2.45, 2.75) is 26.1 Å². The third kappa shape index (κ3) is 7.61. The van der Waals surface area contributed by atoms with Crippen LogP contribution in [0.2, 0.25) is 0 Å². The third-order valence-electron chi connectivity index (χ3n) is 3.83. The van der Waals surface area contributed by atoms with Crippen molar-refractivity contribution in [3.63, 3.8) is 0 Å². The van der Waals surface area contributed by atoms with E-state index in [1.165, 1.54) is 24.3 Å². The topological polar surface area (TPSA) is 82.1 Å². The summed E-state index contributed by atoms with van der Waals surface area (Å²) in [5.74, 6) is -0.173. The number of carbonyl (C=O) groups excluding carboxylic acids is 2. The Kier molecular flexibility index (Phi) is 8.45. The zero-order chi connectivity index (χ0) is 22.1. The van der Waals surface area contributed by atoms with Crippen LogP contribution in [0.25, 0.3) is 0 Å². The van der Waals surface area contributed by atoms with Crippen molar-refractivity contribution in [2.75, 3.05) is 6.61 Å². The monoisotopic (exact) mass is 430 g/mol. The molecule has 30 heavy (non-hydrogen) atoms. The van der Waals surface area contributed by atoms with E-state index in [-0.39, 0.29) is 22.8 Å². The number of phenolic OH excluding ortho intramolecular Hbond substituents is 1. The zero-order valence-corrected chi connectivity index (χ0v) is 15.5. The average Bonchev–Trinajstić information content (AvgIpc) is 3.53. The maximum atomic E-state index is 12.1. The molecule has 0 bridgehead atoms. The average molecular weight is 430 g/mol. The van der Waals surface area contributed by atoms with Gasteiger partial charge >= 0.3 is 13.2 Å². The Labute approximate surface area is 169 Å². The van der Waals surface area contributed by atoms with Gasteiger partial charge in [0.15, 0.2) is 23.0 Å². The number of aldehydes is 2. The molecule has 0 heterocycles. The van der Waals surface area contributed by atoms with Crippen LogP contribution in [-0.2, 0) is 0 Å². The van der Waals surface area contributed by atoms with Gasteiger partial charge in [-0.3, -0.25) is 9.59 Å². The molecular weight excluding hydrogens is 412 g/mol. The van der Waals surface area contributed by atoms with Crippen LogP contribution in [0.4, 0.5) is 17.6 Å². The maximum absolute atomic E-state index is 12.1. The number of phenols is 1. The van der Waals surface area contributed by atoms with Gasteiger partial charge in [0.1, 0.15) is 12.6 Å². The van der Waals surface area contributed by atoms with E-state index in [0.717, 1.165) is 25.0 Å². The normalized spacial score (nSPS) is 12.7. The van der Waals surface area contributed by atoms with E-state index < -0.39 is 19.0 Å². The number of rotatable bonds is 9. The molecule has 0 aliphatic heterocycles. The Bertz CT molecular complexity index is 855. The third-order valence-corrected chi connectivity index (χ3v) is 3.83. The zero-order valence-electron chi connectivity index (χ0n) is 15.5. The Morgan fingerprint density at radius 3 is 1.90 bits per heavy atom. The van der Waals surface area contributed by atoms with Crippen molar-refractivity contribution in [2.24, 2.45) is 5.92 Å². The summed E-state index contributed by atoms with van der Waals surface area (Å²) in [6, 6.07) is 7.56. The van der Waals surface area contributed by atoms with Gasteiger partial charge in [-0.2, -0.15) is 17.6 Å². The Morgan fingerprint density at radius 1 is 0.867 bits per heavy atom. The van der Waals surface area contributed by atoms with Crippen molar-refractivity contribution in [3.05, 3.63) is 47.5 Å². The summed E-state index contributed by atoms with van der Waals surface area (Å²) >= 11 is 0. The molecule has 1 fully saturated rings. The van der Waals surface area contributed by atoms with Crippen molar-refractivity contribution in [3.8, 4) is 23.0 Å². The summed E-state index contributed by atoms with van der Waals surface area (Å²) in [5.41, 5.74) is 0.566. The summed E-state index contributed by atoms with van der Waals surface area (Å²) < 4.78 is 61.3. The largest absolute Gasteiger partial charge is 0.504 e. The van der Waals surface area contributed by atoms with E-state index in [4.69, 9.17) is 9.84 Å². The van der Waals surface area contributed by atoms with Gasteiger partial charge in [-0.15, -0.1) is 0 Å². The van der Waals surface area contributed by atoms with Gasteiger partial charge in [0, 0.05) is 11.1 Å². The fourth-order valence-corrected chi connectivity index (χ4v) is 2.20. The van der Waals surface area contributed by atoms with E-state index in [2.05, 4.69) is 9.47 Å². The molecule has 0 saturated heterocycles. The number of benzene rings is 2. The predicted molar refractivity (Wildman–Crippen MR) is 96.8 cm³/mol. The highest BCUT2D eigenvalue weighted by Crippen LogP contribution is 2.34. The van der Waals surface area contributed by atoms with Crippen molar-refractivity contribution in [1.82, 2.24) is 0 Å². The second-order valence-electron chi connectivity index (χ2n) is 6.18. The Balaban J connectivity index is 0.000000222. The molecule has 6 nitrogen and oxygen atoms in total. The second kappa shape index (κ2) is 11.0. The standard InChI is InChI=1S/C12H12F2O3.C8H6F2O3/c13-12(14)17-10-4-3-9(6-15)5-11(10)16-7-8-1-2-8;9-8(10)13-7-2-1-5(4-11)3-6(7)12/h3-6,8,12H,1-2,7H2;1-4,8,12H. The maximum Gasteiger partial charge on any atom is 0.387 e. The molecule has 10 heteroatoms. The van der Waals surface area contributed by atoms with E-state index in [0.29, 0.717) is 30.7 Å². The number of hydrogen-bond donors (Lipinski definition) is 1. The summed E-state index contributed by atoms with van der Waals surface area (Å²) in [4.78, 5) is 20.8. The predicted octanol–water partition coefficient (Wildman–Crippen LogP) is 4.70. The Morgan fingerprint density at radius 2 is 1.40 bits per heavy atom. The molecule has 1 saturated carbocycles. The molecule has 162 valence electrons. The van der Waals surface area contributed by atoms with Crippen LogP contribution >= 0.6 is 0 Å².